The quantitative estimate of drug-likeness (QED) is 0.369. The lowest BCUT2D eigenvalue weighted by Crippen LogP contribution is -2.36. The van der Waals surface area contributed by atoms with E-state index in [2.05, 4.69) is 42.2 Å². The Balaban J connectivity index is 1.57. The molecule has 1 fully saturated rings. The van der Waals surface area contributed by atoms with E-state index >= 15 is 0 Å². The minimum atomic E-state index is -2.41. The van der Waals surface area contributed by atoms with E-state index in [9.17, 15) is 9.00 Å². The molecule has 4 heterocycles. The highest BCUT2D eigenvalue weighted by molar-refractivity contribution is 7.92. The fraction of sp³-hybridized carbons (Fsp3) is 0.280. The van der Waals surface area contributed by atoms with Crippen molar-refractivity contribution in [2.75, 3.05) is 49.0 Å². The van der Waals surface area contributed by atoms with Crippen molar-refractivity contribution in [1.29, 1.82) is 0 Å². The molecular formula is C25H28N8O3S. The molecule has 0 radical (unpaired) electrons. The number of ether oxygens (including phenoxy) is 1. The maximum Gasteiger partial charge on any atom is 0.278 e. The lowest BCUT2D eigenvalue weighted by Gasteiger charge is -2.29. The fourth-order valence-electron chi connectivity index (χ4n) is 4.15. The Kier molecular flexibility index (Phi) is 6.76. The van der Waals surface area contributed by atoms with E-state index in [0.29, 0.717) is 41.8 Å². The average molecular weight is 521 g/mol. The highest BCUT2D eigenvalue weighted by Gasteiger charge is 2.18. The molecule has 3 aromatic heterocycles. The third-order valence-electron chi connectivity index (χ3n) is 5.71. The van der Waals surface area contributed by atoms with Crippen molar-refractivity contribution < 1.29 is 8.95 Å². The van der Waals surface area contributed by atoms with Crippen LogP contribution in [0.3, 0.4) is 0 Å². The van der Waals surface area contributed by atoms with Crippen LogP contribution in [0.25, 0.3) is 16.9 Å². The van der Waals surface area contributed by atoms with Gasteiger partial charge < -0.3 is 15.0 Å². The molecule has 37 heavy (non-hydrogen) atoms. The van der Waals surface area contributed by atoms with Gasteiger partial charge in [-0.25, -0.2) is 23.5 Å². The Morgan fingerprint density at radius 1 is 1.16 bits per heavy atom. The smallest absolute Gasteiger partial charge is 0.278 e. The standard InChI is InChI=1S/C25H28N8O3S/c1-4-11-32-24(34)20-17-26-25(27-18-7-5-8-19(16-18)31-12-14-36-15-13-31)29-23(20)33(32)22-10-6-9-21(28-22)30-37(2,3)35/h4-10,16-17H,1,11-15H2,2-3H3,(H,26,27,29). The lowest BCUT2D eigenvalue weighted by molar-refractivity contribution is 0.122. The molecule has 0 atom stereocenters. The molecule has 1 aromatic carbocycles. The fourth-order valence-corrected chi connectivity index (χ4v) is 4.70. The minimum absolute atomic E-state index is 0.237. The van der Waals surface area contributed by atoms with Gasteiger partial charge in [0.2, 0.25) is 5.95 Å². The number of rotatable bonds is 7. The number of morpholine rings is 1. The van der Waals surface area contributed by atoms with E-state index in [4.69, 9.17) is 4.74 Å². The van der Waals surface area contributed by atoms with Crippen molar-refractivity contribution in [2.24, 2.45) is 4.36 Å². The van der Waals surface area contributed by atoms with Crippen LogP contribution in [0.4, 0.5) is 23.1 Å². The summed E-state index contributed by atoms with van der Waals surface area (Å²) in [5.74, 6) is 1.05. The molecule has 1 N–H and O–H groups in total. The van der Waals surface area contributed by atoms with Crippen LogP contribution in [0.5, 0.6) is 0 Å². The van der Waals surface area contributed by atoms with Crippen LogP contribution in [-0.2, 0) is 21.0 Å². The topological polar surface area (TPSA) is 120 Å². The Hall–Kier alpha value is -4.03. The SMILES string of the molecule is C=CCn1c(=O)c2cnc(Nc3cccc(N4CCOCC4)c3)nc2n1-c1cccc(N=S(C)(C)=O)n1. The number of pyridine rings is 1. The molecule has 4 aromatic rings. The van der Waals surface area contributed by atoms with Gasteiger partial charge in [0.05, 0.1) is 19.8 Å². The van der Waals surface area contributed by atoms with Crippen molar-refractivity contribution in [3.8, 4) is 5.82 Å². The second-order valence-electron chi connectivity index (χ2n) is 8.82. The molecule has 1 aliphatic heterocycles. The van der Waals surface area contributed by atoms with Crippen molar-refractivity contribution in [3.05, 3.63) is 71.7 Å². The molecule has 0 aliphatic carbocycles. The predicted molar refractivity (Wildman–Crippen MR) is 146 cm³/mol. The van der Waals surface area contributed by atoms with Crippen molar-refractivity contribution in [2.45, 2.75) is 6.54 Å². The molecule has 192 valence electrons. The number of aromatic nitrogens is 5. The van der Waals surface area contributed by atoms with E-state index in [-0.39, 0.29) is 12.1 Å². The van der Waals surface area contributed by atoms with E-state index in [1.807, 2.05) is 18.2 Å². The molecular weight excluding hydrogens is 492 g/mol. The van der Waals surface area contributed by atoms with Crippen LogP contribution < -0.4 is 15.8 Å². The highest BCUT2D eigenvalue weighted by atomic mass is 32.2. The van der Waals surface area contributed by atoms with Gasteiger partial charge in [0.1, 0.15) is 5.39 Å². The van der Waals surface area contributed by atoms with Gasteiger partial charge in [-0.15, -0.1) is 6.58 Å². The van der Waals surface area contributed by atoms with Crippen LogP contribution in [0, 0.1) is 0 Å². The first-order valence-electron chi connectivity index (χ1n) is 11.8. The summed E-state index contributed by atoms with van der Waals surface area (Å²) >= 11 is 0. The maximum absolute atomic E-state index is 13.2. The largest absolute Gasteiger partial charge is 0.378 e. The van der Waals surface area contributed by atoms with Gasteiger partial charge in [-0.05, 0) is 30.3 Å². The Morgan fingerprint density at radius 2 is 1.95 bits per heavy atom. The van der Waals surface area contributed by atoms with Crippen LogP contribution >= 0.6 is 0 Å². The number of hydrogen-bond acceptors (Lipinski definition) is 9. The molecule has 1 aliphatic rings. The summed E-state index contributed by atoms with van der Waals surface area (Å²) in [6.45, 7) is 7.08. The maximum atomic E-state index is 13.2. The third kappa shape index (κ3) is 5.39. The second-order valence-corrected chi connectivity index (χ2v) is 11.4. The molecule has 11 nitrogen and oxygen atoms in total. The molecule has 1 saturated heterocycles. The van der Waals surface area contributed by atoms with Crippen molar-refractivity contribution in [3.63, 3.8) is 0 Å². The number of anilines is 3. The monoisotopic (exact) mass is 520 g/mol. The zero-order chi connectivity index (χ0) is 26.0. The Morgan fingerprint density at radius 3 is 2.70 bits per heavy atom. The van der Waals surface area contributed by atoms with Gasteiger partial charge in [-0.2, -0.15) is 9.35 Å². The number of nitrogens with zero attached hydrogens (tertiary/aromatic N) is 7. The Labute approximate surface area is 214 Å². The Bertz CT molecular complexity index is 1640. The summed E-state index contributed by atoms with van der Waals surface area (Å²) in [5, 5.41) is 3.60. The first-order valence-corrected chi connectivity index (χ1v) is 14.1. The molecule has 0 unspecified atom stereocenters. The van der Waals surface area contributed by atoms with Gasteiger partial charge in [0.25, 0.3) is 5.56 Å². The molecule has 12 heteroatoms. The highest BCUT2D eigenvalue weighted by Crippen LogP contribution is 2.24. The number of hydrogen-bond donors (Lipinski definition) is 1. The number of fused-ring (bicyclic) bond motifs is 1. The number of allylic oxidation sites excluding steroid dienone is 1. The summed E-state index contributed by atoms with van der Waals surface area (Å²) in [6, 6.07) is 13.2. The van der Waals surface area contributed by atoms with Gasteiger partial charge in [0, 0.05) is 52.9 Å². The van der Waals surface area contributed by atoms with Crippen LogP contribution in [-0.4, -0.2) is 67.3 Å². The number of nitrogens with one attached hydrogen (secondary N) is 1. The molecule has 0 spiro atoms. The zero-order valence-electron chi connectivity index (χ0n) is 20.7. The van der Waals surface area contributed by atoms with E-state index in [1.165, 1.54) is 10.9 Å². The van der Waals surface area contributed by atoms with Gasteiger partial charge in [-0.1, -0.05) is 18.2 Å². The molecule has 0 bridgehead atoms. The van der Waals surface area contributed by atoms with E-state index in [1.54, 1.807) is 41.5 Å². The van der Waals surface area contributed by atoms with Crippen LogP contribution in [0.2, 0.25) is 0 Å². The van der Waals surface area contributed by atoms with Crippen LogP contribution in [0.1, 0.15) is 0 Å². The van der Waals surface area contributed by atoms with Crippen molar-refractivity contribution >= 4 is 43.9 Å². The summed E-state index contributed by atoms with van der Waals surface area (Å²) in [6.07, 6.45) is 6.21. The third-order valence-corrected chi connectivity index (χ3v) is 6.33. The van der Waals surface area contributed by atoms with Gasteiger partial charge >= 0.3 is 0 Å². The molecule has 0 saturated carbocycles. The summed E-state index contributed by atoms with van der Waals surface area (Å²) in [4.78, 5) is 29.1. The average Bonchev–Trinajstić information content (AvgIpc) is 3.15. The summed E-state index contributed by atoms with van der Waals surface area (Å²) < 4.78 is 25.0. The zero-order valence-corrected chi connectivity index (χ0v) is 21.5. The van der Waals surface area contributed by atoms with Gasteiger partial charge in [0.15, 0.2) is 17.3 Å². The second kappa shape index (κ2) is 10.1. The molecule has 5 rings (SSSR count). The number of benzene rings is 1. The van der Waals surface area contributed by atoms with Crippen molar-refractivity contribution in [1.82, 2.24) is 24.3 Å². The first-order chi connectivity index (χ1) is 17.8. The normalized spacial score (nSPS) is 14.1. The van der Waals surface area contributed by atoms with E-state index in [0.717, 1.165) is 24.5 Å². The first kappa shape index (κ1) is 24.7. The van der Waals surface area contributed by atoms with E-state index < -0.39 is 9.73 Å². The van der Waals surface area contributed by atoms with Gasteiger partial charge in [-0.3, -0.25) is 4.79 Å². The minimum Gasteiger partial charge on any atom is -0.378 e. The predicted octanol–water partition coefficient (Wildman–Crippen LogP) is 3.10. The summed E-state index contributed by atoms with van der Waals surface area (Å²) in [7, 11) is -2.41. The van der Waals surface area contributed by atoms with Crippen LogP contribution in [0.15, 0.2) is 70.5 Å². The summed E-state index contributed by atoms with van der Waals surface area (Å²) in [5.41, 5.74) is 2.01. The molecule has 0 amide bonds. The lowest BCUT2D eigenvalue weighted by atomic mass is 10.2.